The minimum absolute atomic E-state index is 0.119. The van der Waals surface area contributed by atoms with E-state index in [1.807, 2.05) is 0 Å². The van der Waals surface area contributed by atoms with Crippen molar-refractivity contribution in [2.24, 2.45) is 0 Å². The van der Waals surface area contributed by atoms with Crippen LogP contribution in [-0.2, 0) is 0 Å². The van der Waals surface area contributed by atoms with Crippen LogP contribution in [0.5, 0.6) is 5.75 Å². The third-order valence-corrected chi connectivity index (χ3v) is 1.64. The molecule has 0 radical (unpaired) electrons. The van der Waals surface area contributed by atoms with Crippen molar-refractivity contribution in [3.63, 3.8) is 0 Å². The molecule has 0 fully saturated rings. The van der Waals surface area contributed by atoms with Gasteiger partial charge >= 0.3 is 6.36 Å². The molecule has 1 aromatic carbocycles. The topological polar surface area (TPSA) is 52.3 Å². The number of alkyl halides is 3. The summed E-state index contributed by atoms with van der Waals surface area (Å²) >= 11 is 5.07. The van der Waals surface area contributed by atoms with Crippen LogP contribution in [-0.4, -0.2) is 11.6 Å². The van der Waals surface area contributed by atoms with Gasteiger partial charge in [0, 0.05) is 5.69 Å². The molecule has 0 aliphatic heterocycles. The van der Waals surface area contributed by atoms with Crippen LogP contribution in [0.2, 0.25) is 0 Å². The third-order valence-electron chi connectivity index (χ3n) is 1.44. The van der Waals surface area contributed by atoms with Crippen LogP contribution in [0.1, 0.15) is 10.4 Å². The average molecular weight is 240 g/mol. The normalized spacial score (nSPS) is 11.2. The van der Waals surface area contributed by atoms with Crippen LogP contribution in [0.4, 0.5) is 18.9 Å². The maximum absolute atomic E-state index is 11.9. The lowest BCUT2D eigenvalue weighted by Crippen LogP contribution is -2.18. The molecule has 0 heterocycles. The second kappa shape index (κ2) is 3.98. The average Bonchev–Trinajstić information content (AvgIpc) is 2.05. The zero-order chi connectivity index (χ0) is 11.6. The molecule has 0 aliphatic carbocycles. The number of hydrogen-bond acceptors (Lipinski definition) is 3. The van der Waals surface area contributed by atoms with Crippen LogP contribution >= 0.6 is 11.6 Å². The van der Waals surface area contributed by atoms with Gasteiger partial charge in [0.05, 0.1) is 5.56 Å². The molecule has 0 atom stereocenters. The largest absolute Gasteiger partial charge is 0.573 e. The van der Waals surface area contributed by atoms with Crippen molar-refractivity contribution in [2.75, 3.05) is 5.73 Å². The maximum Gasteiger partial charge on any atom is 0.573 e. The summed E-state index contributed by atoms with van der Waals surface area (Å²) in [4.78, 5) is 10.8. The molecule has 7 heteroatoms. The predicted molar refractivity (Wildman–Crippen MR) is 47.7 cm³/mol. The fourth-order valence-electron chi connectivity index (χ4n) is 0.915. The molecule has 15 heavy (non-hydrogen) atoms. The minimum atomic E-state index is -4.88. The molecule has 0 unspecified atom stereocenters. The smallest absolute Gasteiger partial charge is 0.405 e. The standard InChI is InChI=1S/C8H5ClF3NO2/c9-7(14)5-3-4(13)1-2-6(5)15-8(10,11)12/h1-3H,13H2. The van der Waals surface area contributed by atoms with Crippen LogP contribution in [0, 0.1) is 0 Å². The summed E-state index contributed by atoms with van der Waals surface area (Å²) in [7, 11) is 0. The van der Waals surface area contributed by atoms with Gasteiger partial charge in [0.2, 0.25) is 0 Å². The first kappa shape index (κ1) is 11.6. The number of nitrogens with two attached hydrogens (primary N) is 1. The van der Waals surface area contributed by atoms with Gasteiger partial charge in [-0.15, -0.1) is 13.2 Å². The third kappa shape index (κ3) is 3.32. The Bertz CT molecular complexity index is 392. The first-order valence-electron chi connectivity index (χ1n) is 3.65. The van der Waals surface area contributed by atoms with E-state index in [1.165, 1.54) is 6.07 Å². The number of hydrogen-bond donors (Lipinski definition) is 1. The van der Waals surface area contributed by atoms with Crippen molar-refractivity contribution in [2.45, 2.75) is 6.36 Å². The van der Waals surface area contributed by atoms with Crippen LogP contribution in [0.15, 0.2) is 18.2 Å². The van der Waals surface area contributed by atoms with E-state index in [1.54, 1.807) is 0 Å². The summed E-state index contributed by atoms with van der Waals surface area (Å²) in [6.45, 7) is 0. The number of rotatable bonds is 2. The SMILES string of the molecule is Nc1ccc(OC(F)(F)F)c(C(=O)Cl)c1. The predicted octanol–water partition coefficient (Wildman–Crippen LogP) is 2.55. The van der Waals surface area contributed by atoms with E-state index in [2.05, 4.69) is 4.74 Å². The number of carbonyl (C=O) groups excluding carboxylic acids is 1. The quantitative estimate of drug-likeness (QED) is 0.637. The Morgan fingerprint density at radius 2 is 2.00 bits per heavy atom. The molecular formula is C8H5ClF3NO2. The van der Waals surface area contributed by atoms with Gasteiger partial charge in [0.1, 0.15) is 5.75 Å². The highest BCUT2D eigenvalue weighted by Crippen LogP contribution is 2.28. The fourth-order valence-corrected chi connectivity index (χ4v) is 1.06. The first-order valence-corrected chi connectivity index (χ1v) is 4.02. The highest BCUT2D eigenvalue weighted by Gasteiger charge is 2.32. The molecule has 0 spiro atoms. The van der Waals surface area contributed by atoms with Gasteiger partial charge < -0.3 is 10.5 Å². The molecule has 0 amide bonds. The molecular weight excluding hydrogens is 235 g/mol. The van der Waals surface area contributed by atoms with E-state index in [0.717, 1.165) is 12.1 Å². The number of nitrogen functional groups attached to an aromatic ring is 1. The molecule has 0 aliphatic rings. The number of halogens is 4. The number of benzene rings is 1. The van der Waals surface area contributed by atoms with E-state index in [0.29, 0.717) is 0 Å². The van der Waals surface area contributed by atoms with Gasteiger partial charge in [-0.3, -0.25) is 4.79 Å². The Morgan fingerprint density at radius 1 is 1.40 bits per heavy atom. The van der Waals surface area contributed by atoms with E-state index in [4.69, 9.17) is 17.3 Å². The highest BCUT2D eigenvalue weighted by molar-refractivity contribution is 6.68. The Hall–Kier alpha value is -1.43. The van der Waals surface area contributed by atoms with Crippen LogP contribution in [0.3, 0.4) is 0 Å². The van der Waals surface area contributed by atoms with Crippen LogP contribution < -0.4 is 10.5 Å². The van der Waals surface area contributed by atoms with Gasteiger partial charge in [0.15, 0.2) is 0 Å². The van der Waals surface area contributed by atoms with Crippen molar-refractivity contribution in [3.05, 3.63) is 23.8 Å². The van der Waals surface area contributed by atoms with E-state index in [-0.39, 0.29) is 5.69 Å². The molecule has 0 aromatic heterocycles. The van der Waals surface area contributed by atoms with Gasteiger partial charge in [0.25, 0.3) is 5.24 Å². The van der Waals surface area contributed by atoms with Gasteiger partial charge in [-0.1, -0.05) is 0 Å². The minimum Gasteiger partial charge on any atom is -0.405 e. The molecule has 82 valence electrons. The molecule has 1 aromatic rings. The second-order valence-corrected chi connectivity index (χ2v) is 2.92. The maximum atomic E-state index is 11.9. The molecule has 3 nitrogen and oxygen atoms in total. The number of carbonyl (C=O) groups is 1. The fraction of sp³-hybridized carbons (Fsp3) is 0.125. The van der Waals surface area contributed by atoms with E-state index in [9.17, 15) is 18.0 Å². The Balaban J connectivity index is 3.12. The lowest BCUT2D eigenvalue weighted by molar-refractivity contribution is -0.274. The zero-order valence-corrected chi connectivity index (χ0v) is 7.89. The summed E-state index contributed by atoms with van der Waals surface area (Å²) in [5.74, 6) is -0.670. The monoisotopic (exact) mass is 239 g/mol. The zero-order valence-electron chi connectivity index (χ0n) is 7.14. The number of anilines is 1. The number of ether oxygens (including phenoxy) is 1. The summed E-state index contributed by atoms with van der Waals surface area (Å²) in [6.07, 6.45) is -4.88. The molecule has 2 N–H and O–H groups in total. The molecule has 0 saturated heterocycles. The van der Waals surface area contributed by atoms with Crippen molar-refractivity contribution >= 4 is 22.5 Å². The summed E-state index contributed by atoms with van der Waals surface area (Å²) < 4.78 is 39.2. The summed E-state index contributed by atoms with van der Waals surface area (Å²) in [6, 6.07) is 3.11. The Morgan fingerprint density at radius 3 is 2.47 bits per heavy atom. The van der Waals surface area contributed by atoms with Crippen molar-refractivity contribution < 1.29 is 22.7 Å². The lowest BCUT2D eigenvalue weighted by atomic mass is 10.2. The van der Waals surface area contributed by atoms with Gasteiger partial charge in [-0.05, 0) is 29.8 Å². The van der Waals surface area contributed by atoms with Crippen molar-refractivity contribution in [1.29, 1.82) is 0 Å². The first-order chi connectivity index (χ1) is 6.79. The molecule has 0 saturated carbocycles. The molecule has 0 bridgehead atoms. The second-order valence-electron chi connectivity index (χ2n) is 2.58. The van der Waals surface area contributed by atoms with E-state index < -0.39 is 22.9 Å². The summed E-state index contributed by atoms with van der Waals surface area (Å²) in [5.41, 5.74) is 4.98. The Labute approximate surface area is 87.6 Å². The van der Waals surface area contributed by atoms with E-state index >= 15 is 0 Å². The van der Waals surface area contributed by atoms with Crippen LogP contribution in [0.25, 0.3) is 0 Å². The Kier molecular flexibility index (Phi) is 3.09. The highest BCUT2D eigenvalue weighted by atomic mass is 35.5. The summed E-state index contributed by atoms with van der Waals surface area (Å²) in [5, 5.41) is -1.07. The van der Waals surface area contributed by atoms with Gasteiger partial charge in [-0.2, -0.15) is 0 Å². The molecule has 1 rings (SSSR count). The van der Waals surface area contributed by atoms with Crippen molar-refractivity contribution in [1.82, 2.24) is 0 Å². The van der Waals surface area contributed by atoms with Crippen molar-refractivity contribution in [3.8, 4) is 5.75 Å². The van der Waals surface area contributed by atoms with Gasteiger partial charge in [-0.25, -0.2) is 0 Å². The lowest BCUT2D eigenvalue weighted by Gasteiger charge is -2.11.